The lowest BCUT2D eigenvalue weighted by atomic mass is 9.81. The third-order valence-corrected chi connectivity index (χ3v) is 3.50. The first-order chi connectivity index (χ1) is 5.08. The van der Waals surface area contributed by atoms with Gasteiger partial charge in [-0.3, -0.25) is 0 Å². The molecule has 0 aromatic carbocycles. The van der Waals surface area contributed by atoms with Gasteiger partial charge in [-0.25, -0.2) is 0 Å². The highest BCUT2D eigenvalue weighted by Gasteiger charge is 2.51. The lowest BCUT2D eigenvalue weighted by Gasteiger charge is -2.35. The lowest BCUT2D eigenvalue weighted by Crippen LogP contribution is -2.47. The van der Waals surface area contributed by atoms with Gasteiger partial charge in [-0.1, -0.05) is 6.92 Å². The van der Waals surface area contributed by atoms with E-state index in [2.05, 4.69) is 19.2 Å². The van der Waals surface area contributed by atoms with Crippen LogP contribution >= 0.6 is 0 Å². The molecule has 0 radical (unpaired) electrons. The van der Waals surface area contributed by atoms with E-state index in [1.165, 1.54) is 12.8 Å². The van der Waals surface area contributed by atoms with Crippen LogP contribution in [0.3, 0.4) is 0 Å². The van der Waals surface area contributed by atoms with Crippen molar-refractivity contribution in [3.05, 3.63) is 0 Å². The normalized spacial score (nSPS) is 26.2. The van der Waals surface area contributed by atoms with Crippen molar-refractivity contribution in [1.82, 2.24) is 5.32 Å². The fourth-order valence-corrected chi connectivity index (χ4v) is 1.69. The summed E-state index contributed by atoms with van der Waals surface area (Å²) in [6.07, 6.45) is 3.45. The number of aliphatic hydroxyl groups is 1. The average molecular weight is 157 g/mol. The van der Waals surface area contributed by atoms with Crippen molar-refractivity contribution in [2.24, 2.45) is 5.41 Å². The monoisotopic (exact) mass is 157 g/mol. The van der Waals surface area contributed by atoms with Crippen LogP contribution in [-0.2, 0) is 0 Å². The van der Waals surface area contributed by atoms with E-state index in [-0.39, 0.29) is 12.1 Å². The molecular formula is C9H19NO. The highest BCUT2D eigenvalue weighted by atomic mass is 16.3. The van der Waals surface area contributed by atoms with Gasteiger partial charge < -0.3 is 10.4 Å². The van der Waals surface area contributed by atoms with Crippen LogP contribution in [0.25, 0.3) is 0 Å². The highest BCUT2D eigenvalue weighted by Crippen LogP contribution is 2.54. The van der Waals surface area contributed by atoms with E-state index < -0.39 is 0 Å². The average Bonchev–Trinajstić information content (AvgIpc) is 2.70. The van der Waals surface area contributed by atoms with Crippen LogP contribution in [0.2, 0.25) is 0 Å². The van der Waals surface area contributed by atoms with E-state index >= 15 is 0 Å². The topological polar surface area (TPSA) is 32.3 Å². The second-order valence-electron chi connectivity index (χ2n) is 4.12. The second kappa shape index (κ2) is 2.76. The second-order valence-corrected chi connectivity index (χ2v) is 4.12. The summed E-state index contributed by atoms with van der Waals surface area (Å²) < 4.78 is 0. The Balaban J connectivity index is 2.59. The molecule has 0 heterocycles. The van der Waals surface area contributed by atoms with Gasteiger partial charge in [0.25, 0.3) is 0 Å². The summed E-state index contributed by atoms with van der Waals surface area (Å²) in [6, 6.07) is 0. The summed E-state index contributed by atoms with van der Waals surface area (Å²) in [7, 11) is 1.99. The highest BCUT2D eigenvalue weighted by molar-refractivity contribution is 5.07. The van der Waals surface area contributed by atoms with Crippen LogP contribution in [-0.4, -0.2) is 24.3 Å². The zero-order valence-electron chi connectivity index (χ0n) is 7.78. The smallest absolute Gasteiger partial charge is 0.0448 e. The Kier molecular flexibility index (Phi) is 2.26. The molecule has 1 aliphatic carbocycles. The molecule has 66 valence electrons. The Bertz CT molecular complexity index is 142. The van der Waals surface area contributed by atoms with Crippen LogP contribution in [0.15, 0.2) is 0 Å². The number of hydrogen-bond acceptors (Lipinski definition) is 2. The van der Waals surface area contributed by atoms with Crippen molar-refractivity contribution < 1.29 is 5.11 Å². The van der Waals surface area contributed by atoms with Crippen molar-refractivity contribution in [2.45, 2.75) is 38.6 Å². The molecule has 0 bridgehead atoms. The van der Waals surface area contributed by atoms with E-state index in [9.17, 15) is 0 Å². The van der Waals surface area contributed by atoms with E-state index in [1.54, 1.807) is 0 Å². The van der Waals surface area contributed by atoms with E-state index in [0.29, 0.717) is 5.41 Å². The van der Waals surface area contributed by atoms with E-state index in [4.69, 9.17) is 5.11 Å². The van der Waals surface area contributed by atoms with Crippen molar-refractivity contribution in [3.63, 3.8) is 0 Å². The first kappa shape index (κ1) is 9.01. The van der Waals surface area contributed by atoms with Crippen molar-refractivity contribution in [1.29, 1.82) is 0 Å². The summed E-state index contributed by atoms with van der Waals surface area (Å²) >= 11 is 0. The van der Waals surface area contributed by atoms with Gasteiger partial charge in [-0.15, -0.1) is 0 Å². The maximum Gasteiger partial charge on any atom is 0.0448 e. The first-order valence-electron chi connectivity index (χ1n) is 4.38. The maximum atomic E-state index is 8.88. The van der Waals surface area contributed by atoms with Crippen LogP contribution in [0.4, 0.5) is 0 Å². The van der Waals surface area contributed by atoms with Gasteiger partial charge in [0.05, 0.1) is 0 Å². The molecule has 0 amide bonds. The Hall–Kier alpha value is -0.0800. The van der Waals surface area contributed by atoms with Gasteiger partial charge >= 0.3 is 0 Å². The number of aliphatic hydroxyl groups excluding tert-OH is 1. The van der Waals surface area contributed by atoms with E-state index in [0.717, 1.165) is 6.42 Å². The molecule has 1 aliphatic rings. The lowest BCUT2D eigenvalue weighted by molar-refractivity contribution is 0.167. The molecule has 1 unspecified atom stereocenters. The third-order valence-electron chi connectivity index (χ3n) is 3.50. The summed E-state index contributed by atoms with van der Waals surface area (Å²) in [5.41, 5.74) is 0.576. The number of hydrogen-bond donors (Lipinski definition) is 2. The van der Waals surface area contributed by atoms with Gasteiger partial charge in [0.2, 0.25) is 0 Å². The van der Waals surface area contributed by atoms with E-state index in [1.807, 2.05) is 7.05 Å². The zero-order chi connectivity index (χ0) is 8.54. The largest absolute Gasteiger partial charge is 0.396 e. The molecule has 1 saturated carbocycles. The van der Waals surface area contributed by atoms with Gasteiger partial charge in [0.1, 0.15) is 0 Å². The SMILES string of the molecule is CNC(C)(CCO)C1(C)CC1. The zero-order valence-corrected chi connectivity index (χ0v) is 7.78. The number of nitrogens with one attached hydrogen (secondary N) is 1. The maximum absolute atomic E-state index is 8.88. The molecule has 11 heavy (non-hydrogen) atoms. The number of rotatable bonds is 4. The van der Waals surface area contributed by atoms with Crippen LogP contribution in [0.5, 0.6) is 0 Å². The standard InChI is InChI=1S/C9H19NO/c1-8(4-5-8)9(2,10-3)6-7-11/h10-11H,4-7H2,1-3H3. The Morgan fingerprint density at radius 3 is 2.36 bits per heavy atom. The minimum Gasteiger partial charge on any atom is -0.396 e. The van der Waals surface area contributed by atoms with Gasteiger partial charge in [0, 0.05) is 12.1 Å². The minimum absolute atomic E-state index is 0.141. The third kappa shape index (κ3) is 1.42. The molecular weight excluding hydrogens is 138 g/mol. The van der Waals surface area contributed by atoms with Gasteiger partial charge in [-0.05, 0) is 38.6 Å². The molecule has 0 aromatic rings. The van der Waals surface area contributed by atoms with Crippen LogP contribution < -0.4 is 5.32 Å². The Morgan fingerprint density at radius 2 is 2.09 bits per heavy atom. The molecule has 0 saturated heterocycles. The molecule has 2 N–H and O–H groups in total. The van der Waals surface area contributed by atoms with Crippen LogP contribution in [0.1, 0.15) is 33.1 Å². The summed E-state index contributed by atoms with van der Waals surface area (Å²) in [5.74, 6) is 0. The fourth-order valence-electron chi connectivity index (χ4n) is 1.69. The van der Waals surface area contributed by atoms with Crippen molar-refractivity contribution in [2.75, 3.05) is 13.7 Å². The molecule has 0 spiro atoms. The first-order valence-corrected chi connectivity index (χ1v) is 4.38. The predicted octanol–water partition coefficient (Wildman–Crippen LogP) is 1.15. The predicted molar refractivity (Wildman–Crippen MR) is 46.5 cm³/mol. The fraction of sp³-hybridized carbons (Fsp3) is 1.00. The van der Waals surface area contributed by atoms with Gasteiger partial charge in [-0.2, -0.15) is 0 Å². The molecule has 1 rings (SSSR count). The molecule has 1 fully saturated rings. The summed E-state index contributed by atoms with van der Waals surface area (Å²) in [4.78, 5) is 0. The molecule has 2 heteroatoms. The van der Waals surface area contributed by atoms with Crippen molar-refractivity contribution in [3.8, 4) is 0 Å². The Labute approximate surface area is 69.0 Å². The molecule has 0 aliphatic heterocycles. The molecule has 2 nitrogen and oxygen atoms in total. The minimum atomic E-state index is 0.141. The van der Waals surface area contributed by atoms with Crippen molar-refractivity contribution >= 4 is 0 Å². The Morgan fingerprint density at radius 1 is 1.55 bits per heavy atom. The summed E-state index contributed by atoms with van der Waals surface area (Å²) in [5, 5.41) is 12.2. The quantitative estimate of drug-likeness (QED) is 0.641. The van der Waals surface area contributed by atoms with Crippen LogP contribution in [0, 0.1) is 5.41 Å². The summed E-state index contributed by atoms with van der Waals surface area (Å²) in [6.45, 7) is 4.78. The molecule has 0 aromatic heterocycles. The van der Waals surface area contributed by atoms with Gasteiger partial charge in [0.15, 0.2) is 0 Å². The molecule has 1 atom stereocenters.